The molecule has 1 saturated carbocycles. The van der Waals surface area contributed by atoms with Gasteiger partial charge in [0.25, 0.3) is 5.91 Å². The molecule has 1 saturated heterocycles. The number of nitrogens with one attached hydrogen (secondary N) is 3. The van der Waals surface area contributed by atoms with E-state index in [2.05, 4.69) is 16.0 Å². The molecule has 3 amide bonds. The van der Waals surface area contributed by atoms with Crippen molar-refractivity contribution in [2.45, 2.75) is 50.9 Å². The van der Waals surface area contributed by atoms with E-state index in [0.29, 0.717) is 24.0 Å². The lowest BCUT2D eigenvalue weighted by Gasteiger charge is -2.16. The summed E-state index contributed by atoms with van der Waals surface area (Å²) in [5.74, 6) is -0.224. The molecule has 0 radical (unpaired) electrons. The van der Waals surface area contributed by atoms with Gasteiger partial charge in [0.1, 0.15) is 6.10 Å². The van der Waals surface area contributed by atoms with Crippen molar-refractivity contribution >= 4 is 23.3 Å². The Kier molecular flexibility index (Phi) is 5.88. The molecule has 0 unspecified atom stereocenters. The molecule has 1 aliphatic heterocycles. The van der Waals surface area contributed by atoms with Crippen LogP contribution in [0.3, 0.4) is 0 Å². The van der Waals surface area contributed by atoms with Gasteiger partial charge in [0, 0.05) is 24.0 Å². The molecule has 7 heteroatoms. The lowest BCUT2D eigenvalue weighted by molar-refractivity contribution is -0.128. The summed E-state index contributed by atoms with van der Waals surface area (Å²) in [5, 5.41) is 8.43. The van der Waals surface area contributed by atoms with Gasteiger partial charge in [-0.1, -0.05) is 6.07 Å². The minimum atomic E-state index is -0.570. The van der Waals surface area contributed by atoms with E-state index in [0.717, 1.165) is 32.3 Å². The summed E-state index contributed by atoms with van der Waals surface area (Å²) in [7, 11) is 0. The molecular formula is C18H25N3O4. The topological polar surface area (TPSA) is 88.7 Å². The molecular weight excluding hydrogens is 322 g/mol. The number of carbonyl (C=O) groups excluding carboxylic acids is 2. The van der Waals surface area contributed by atoms with Crippen LogP contribution in [0.2, 0.25) is 0 Å². The van der Waals surface area contributed by atoms with Crippen molar-refractivity contribution in [1.29, 1.82) is 0 Å². The Labute approximate surface area is 147 Å². The SMILES string of the molecule is C[C@H](OC[C@H]1CCCO1)C(=O)Nc1cccc(NC(=O)NC2CC2)c1. The van der Waals surface area contributed by atoms with Crippen LogP contribution in [0.5, 0.6) is 0 Å². The zero-order valence-corrected chi connectivity index (χ0v) is 14.4. The van der Waals surface area contributed by atoms with Crippen molar-refractivity contribution in [3.63, 3.8) is 0 Å². The molecule has 136 valence electrons. The molecule has 1 aromatic carbocycles. The fourth-order valence-electron chi connectivity index (χ4n) is 2.60. The zero-order valence-electron chi connectivity index (χ0n) is 14.4. The van der Waals surface area contributed by atoms with Crippen LogP contribution in [-0.2, 0) is 14.3 Å². The first-order valence-corrected chi connectivity index (χ1v) is 8.82. The molecule has 0 aromatic heterocycles. The smallest absolute Gasteiger partial charge is 0.319 e. The van der Waals surface area contributed by atoms with E-state index in [1.54, 1.807) is 31.2 Å². The lowest BCUT2D eigenvalue weighted by Crippen LogP contribution is -2.31. The van der Waals surface area contributed by atoms with Crippen LogP contribution in [0, 0.1) is 0 Å². The molecule has 7 nitrogen and oxygen atoms in total. The highest BCUT2D eigenvalue weighted by Crippen LogP contribution is 2.20. The summed E-state index contributed by atoms with van der Waals surface area (Å²) in [6.45, 7) is 2.91. The Hall–Kier alpha value is -2.12. The second kappa shape index (κ2) is 8.31. The summed E-state index contributed by atoms with van der Waals surface area (Å²) in [6.07, 6.45) is 3.61. The van der Waals surface area contributed by atoms with Gasteiger partial charge in [0.15, 0.2) is 0 Å². The van der Waals surface area contributed by atoms with E-state index in [1.807, 2.05) is 0 Å². The summed E-state index contributed by atoms with van der Waals surface area (Å²) >= 11 is 0. The maximum absolute atomic E-state index is 12.2. The average molecular weight is 347 g/mol. The normalized spacial score (nSPS) is 20.8. The minimum absolute atomic E-state index is 0.0905. The number of carbonyl (C=O) groups is 2. The van der Waals surface area contributed by atoms with E-state index in [1.165, 1.54) is 0 Å². The van der Waals surface area contributed by atoms with E-state index in [-0.39, 0.29) is 18.0 Å². The third-order valence-corrected chi connectivity index (χ3v) is 4.23. The molecule has 25 heavy (non-hydrogen) atoms. The highest BCUT2D eigenvalue weighted by Gasteiger charge is 2.23. The van der Waals surface area contributed by atoms with Gasteiger partial charge < -0.3 is 25.4 Å². The predicted octanol–water partition coefficient (Wildman–Crippen LogP) is 2.49. The lowest BCUT2D eigenvalue weighted by atomic mass is 10.2. The van der Waals surface area contributed by atoms with Gasteiger partial charge in [0.05, 0.1) is 12.7 Å². The quantitative estimate of drug-likeness (QED) is 0.707. The monoisotopic (exact) mass is 347 g/mol. The number of ether oxygens (including phenoxy) is 2. The van der Waals surface area contributed by atoms with E-state index in [9.17, 15) is 9.59 Å². The van der Waals surface area contributed by atoms with Crippen LogP contribution in [-0.4, -0.2) is 43.4 Å². The van der Waals surface area contributed by atoms with Crippen LogP contribution in [0.25, 0.3) is 0 Å². The van der Waals surface area contributed by atoms with Crippen molar-refractivity contribution in [3.05, 3.63) is 24.3 Å². The fraction of sp³-hybridized carbons (Fsp3) is 0.556. The Morgan fingerprint density at radius 2 is 2.00 bits per heavy atom. The van der Waals surface area contributed by atoms with E-state index < -0.39 is 6.10 Å². The van der Waals surface area contributed by atoms with Gasteiger partial charge in [0.2, 0.25) is 0 Å². The third-order valence-electron chi connectivity index (χ3n) is 4.23. The third kappa shape index (κ3) is 5.72. The van der Waals surface area contributed by atoms with Crippen LogP contribution in [0.1, 0.15) is 32.6 Å². The highest BCUT2D eigenvalue weighted by molar-refractivity contribution is 5.95. The first-order valence-electron chi connectivity index (χ1n) is 8.82. The number of benzene rings is 1. The van der Waals surface area contributed by atoms with Gasteiger partial charge in [-0.25, -0.2) is 4.79 Å². The molecule has 1 heterocycles. The first-order chi connectivity index (χ1) is 12.1. The fourth-order valence-corrected chi connectivity index (χ4v) is 2.60. The first kappa shape index (κ1) is 17.7. The van der Waals surface area contributed by atoms with Crippen molar-refractivity contribution in [3.8, 4) is 0 Å². The van der Waals surface area contributed by atoms with Crippen molar-refractivity contribution in [1.82, 2.24) is 5.32 Å². The van der Waals surface area contributed by atoms with Crippen molar-refractivity contribution in [2.24, 2.45) is 0 Å². The van der Waals surface area contributed by atoms with Gasteiger partial charge in [-0.05, 0) is 50.8 Å². The van der Waals surface area contributed by atoms with E-state index >= 15 is 0 Å². The Balaban J connectivity index is 1.46. The van der Waals surface area contributed by atoms with Crippen LogP contribution >= 0.6 is 0 Å². The maximum Gasteiger partial charge on any atom is 0.319 e. The molecule has 1 aromatic rings. The number of rotatable bonds is 7. The molecule has 1 aliphatic carbocycles. The van der Waals surface area contributed by atoms with Gasteiger partial charge in [-0.3, -0.25) is 4.79 Å². The average Bonchev–Trinajstić information content (AvgIpc) is 3.23. The Bertz CT molecular complexity index is 612. The highest BCUT2D eigenvalue weighted by atomic mass is 16.5. The molecule has 3 N–H and O–H groups in total. The van der Waals surface area contributed by atoms with E-state index in [4.69, 9.17) is 9.47 Å². The second-order valence-corrected chi connectivity index (χ2v) is 6.55. The number of hydrogen-bond donors (Lipinski definition) is 3. The maximum atomic E-state index is 12.2. The Morgan fingerprint density at radius 3 is 2.68 bits per heavy atom. The molecule has 2 aliphatic rings. The molecule has 3 rings (SSSR count). The second-order valence-electron chi connectivity index (χ2n) is 6.55. The molecule has 0 spiro atoms. The summed E-state index contributed by atoms with van der Waals surface area (Å²) in [4.78, 5) is 24.0. The van der Waals surface area contributed by atoms with Crippen molar-refractivity contribution in [2.75, 3.05) is 23.8 Å². The van der Waals surface area contributed by atoms with Crippen LogP contribution in [0.15, 0.2) is 24.3 Å². The minimum Gasteiger partial charge on any atom is -0.376 e. The van der Waals surface area contributed by atoms with Crippen LogP contribution in [0.4, 0.5) is 16.2 Å². The number of urea groups is 1. The molecule has 2 fully saturated rings. The van der Waals surface area contributed by atoms with Crippen molar-refractivity contribution < 1.29 is 19.1 Å². The summed E-state index contributed by atoms with van der Waals surface area (Å²) in [6, 6.07) is 7.12. The standard InChI is InChI=1S/C18H25N3O4/c1-12(25-11-16-6-3-9-24-16)17(22)19-14-4-2-5-15(10-14)21-18(23)20-13-7-8-13/h2,4-5,10,12-13,16H,3,6-9,11H2,1H3,(H,19,22)(H2,20,21,23)/t12-,16+/m0/s1. The Morgan fingerprint density at radius 1 is 1.24 bits per heavy atom. The zero-order chi connectivity index (χ0) is 17.6. The molecule has 2 atom stereocenters. The summed E-state index contributed by atoms with van der Waals surface area (Å²) < 4.78 is 11.1. The number of amides is 3. The van der Waals surface area contributed by atoms with Gasteiger partial charge >= 0.3 is 6.03 Å². The molecule has 0 bridgehead atoms. The largest absolute Gasteiger partial charge is 0.376 e. The van der Waals surface area contributed by atoms with Gasteiger partial charge in [-0.15, -0.1) is 0 Å². The van der Waals surface area contributed by atoms with Gasteiger partial charge in [-0.2, -0.15) is 0 Å². The summed E-state index contributed by atoms with van der Waals surface area (Å²) in [5.41, 5.74) is 1.24. The predicted molar refractivity (Wildman–Crippen MR) is 94.6 cm³/mol. The van der Waals surface area contributed by atoms with Crippen LogP contribution < -0.4 is 16.0 Å². The number of hydrogen-bond acceptors (Lipinski definition) is 4. The number of anilines is 2.